The molecule has 0 bridgehead atoms. The lowest BCUT2D eigenvalue weighted by Crippen LogP contribution is -2.29. The fourth-order valence-electron chi connectivity index (χ4n) is 2.42. The molecule has 0 unspecified atom stereocenters. The summed E-state index contributed by atoms with van der Waals surface area (Å²) >= 11 is 0. The molecule has 0 atom stereocenters. The first-order chi connectivity index (χ1) is 13.2. The zero-order valence-electron chi connectivity index (χ0n) is 15.1. The number of rotatable bonds is 6. The molecule has 2 aromatic carbocycles. The minimum atomic E-state index is -0.214. The number of ether oxygens (including phenoxy) is 2. The molecular formula is C22H20N2O3. The summed E-state index contributed by atoms with van der Waals surface area (Å²) < 4.78 is 11.1. The molecule has 0 saturated heterocycles. The lowest BCUT2D eigenvalue weighted by atomic mass is 10.2. The van der Waals surface area contributed by atoms with E-state index < -0.39 is 0 Å². The van der Waals surface area contributed by atoms with Gasteiger partial charge in [-0.2, -0.15) is 0 Å². The van der Waals surface area contributed by atoms with E-state index in [-0.39, 0.29) is 25.7 Å². The Bertz CT molecular complexity index is 989. The molecule has 0 spiro atoms. The van der Waals surface area contributed by atoms with Gasteiger partial charge in [-0.05, 0) is 36.8 Å². The van der Waals surface area contributed by atoms with Crippen LogP contribution in [0.3, 0.4) is 0 Å². The molecule has 3 rings (SSSR count). The van der Waals surface area contributed by atoms with E-state index in [1.54, 1.807) is 6.20 Å². The van der Waals surface area contributed by atoms with Crippen LogP contribution in [0.5, 0.6) is 11.5 Å². The van der Waals surface area contributed by atoms with E-state index in [9.17, 15) is 4.79 Å². The van der Waals surface area contributed by atoms with Crippen molar-refractivity contribution in [2.75, 3.05) is 19.8 Å². The van der Waals surface area contributed by atoms with E-state index in [1.807, 2.05) is 61.5 Å². The summed E-state index contributed by atoms with van der Waals surface area (Å²) in [6.07, 6.45) is 1.75. The van der Waals surface area contributed by atoms with Crippen molar-refractivity contribution in [3.63, 3.8) is 0 Å². The zero-order valence-corrected chi connectivity index (χ0v) is 15.1. The van der Waals surface area contributed by atoms with Crippen LogP contribution in [0.1, 0.15) is 5.56 Å². The summed E-state index contributed by atoms with van der Waals surface area (Å²) in [5, 5.41) is 3.75. The van der Waals surface area contributed by atoms with Gasteiger partial charge in [-0.15, -0.1) is 0 Å². The quantitative estimate of drug-likeness (QED) is 0.686. The van der Waals surface area contributed by atoms with Gasteiger partial charge in [0.25, 0.3) is 5.91 Å². The summed E-state index contributed by atoms with van der Waals surface area (Å²) in [6.45, 7) is 2.39. The van der Waals surface area contributed by atoms with Gasteiger partial charge < -0.3 is 14.8 Å². The maximum absolute atomic E-state index is 11.8. The first kappa shape index (κ1) is 18.3. The Morgan fingerprint density at radius 1 is 1.07 bits per heavy atom. The predicted octanol–water partition coefficient (Wildman–Crippen LogP) is 3.12. The highest BCUT2D eigenvalue weighted by atomic mass is 16.5. The number of carbonyl (C=O) groups is 1. The third-order valence-corrected chi connectivity index (χ3v) is 3.84. The molecule has 27 heavy (non-hydrogen) atoms. The molecule has 1 aromatic heterocycles. The molecule has 0 aliphatic carbocycles. The number of hydrogen-bond acceptors (Lipinski definition) is 4. The topological polar surface area (TPSA) is 60.5 Å². The van der Waals surface area contributed by atoms with Gasteiger partial charge in [-0.25, -0.2) is 0 Å². The Labute approximate surface area is 158 Å². The summed E-state index contributed by atoms with van der Waals surface area (Å²) in [6, 6.07) is 17.2. The predicted molar refractivity (Wildman–Crippen MR) is 105 cm³/mol. The second-order valence-electron chi connectivity index (χ2n) is 5.83. The van der Waals surface area contributed by atoms with Gasteiger partial charge in [0.05, 0.1) is 12.1 Å². The number of aryl methyl sites for hydroxylation is 1. The number of amides is 1. The highest BCUT2D eigenvalue weighted by Crippen LogP contribution is 2.18. The molecule has 0 aliphatic rings. The van der Waals surface area contributed by atoms with Gasteiger partial charge in [-0.3, -0.25) is 9.78 Å². The Hall–Kier alpha value is -3.52. The Morgan fingerprint density at radius 2 is 1.96 bits per heavy atom. The number of pyridine rings is 1. The Balaban J connectivity index is 1.37. The van der Waals surface area contributed by atoms with E-state index in [0.29, 0.717) is 11.5 Å². The van der Waals surface area contributed by atoms with Gasteiger partial charge in [0.2, 0.25) is 0 Å². The van der Waals surface area contributed by atoms with Crippen molar-refractivity contribution >= 4 is 16.8 Å². The molecule has 1 amide bonds. The fourth-order valence-corrected chi connectivity index (χ4v) is 2.42. The largest absolute Gasteiger partial charge is 0.484 e. The first-order valence-electron chi connectivity index (χ1n) is 8.61. The van der Waals surface area contributed by atoms with Crippen molar-refractivity contribution in [1.82, 2.24) is 10.3 Å². The third kappa shape index (κ3) is 5.48. The van der Waals surface area contributed by atoms with Gasteiger partial charge in [-0.1, -0.05) is 36.1 Å². The maximum Gasteiger partial charge on any atom is 0.258 e. The number of hydrogen-bond donors (Lipinski definition) is 1. The van der Waals surface area contributed by atoms with Crippen LogP contribution in [0.2, 0.25) is 0 Å². The van der Waals surface area contributed by atoms with E-state index in [2.05, 4.69) is 22.1 Å². The number of benzene rings is 2. The monoisotopic (exact) mass is 360 g/mol. The van der Waals surface area contributed by atoms with Crippen molar-refractivity contribution in [2.45, 2.75) is 6.92 Å². The molecular weight excluding hydrogens is 340 g/mol. The van der Waals surface area contributed by atoms with E-state index in [1.165, 1.54) is 0 Å². The number of nitrogens with one attached hydrogen (secondary N) is 1. The van der Waals surface area contributed by atoms with Crippen LogP contribution in [0, 0.1) is 18.8 Å². The Kier molecular flexibility index (Phi) is 6.26. The molecule has 0 saturated carbocycles. The SMILES string of the molecule is Cc1ccccc1OCC(=O)NCC#CCOc1ccc2cccnc2c1. The first-order valence-corrected chi connectivity index (χ1v) is 8.61. The minimum absolute atomic E-state index is 0.0346. The number of nitrogens with zero attached hydrogens (tertiary/aromatic N) is 1. The van der Waals surface area contributed by atoms with Gasteiger partial charge >= 0.3 is 0 Å². The average Bonchev–Trinajstić information content (AvgIpc) is 2.70. The maximum atomic E-state index is 11.8. The van der Waals surface area contributed by atoms with Crippen LogP contribution in [0.25, 0.3) is 10.9 Å². The van der Waals surface area contributed by atoms with Crippen molar-refractivity contribution < 1.29 is 14.3 Å². The molecule has 1 N–H and O–H groups in total. The van der Waals surface area contributed by atoms with E-state index in [0.717, 1.165) is 16.5 Å². The summed E-state index contributed by atoms with van der Waals surface area (Å²) in [5.74, 6) is 6.93. The summed E-state index contributed by atoms with van der Waals surface area (Å²) in [4.78, 5) is 16.1. The van der Waals surface area contributed by atoms with Gasteiger partial charge in [0.1, 0.15) is 18.1 Å². The molecule has 0 aliphatic heterocycles. The summed E-state index contributed by atoms with van der Waals surface area (Å²) in [5.41, 5.74) is 1.87. The van der Waals surface area contributed by atoms with Crippen LogP contribution in [-0.2, 0) is 4.79 Å². The molecule has 3 aromatic rings. The molecule has 5 nitrogen and oxygen atoms in total. The van der Waals surface area contributed by atoms with E-state index in [4.69, 9.17) is 9.47 Å². The zero-order chi connectivity index (χ0) is 18.9. The van der Waals surface area contributed by atoms with Crippen molar-refractivity contribution in [2.24, 2.45) is 0 Å². The second kappa shape index (κ2) is 9.25. The van der Waals surface area contributed by atoms with Crippen LogP contribution < -0.4 is 14.8 Å². The number of aromatic nitrogens is 1. The van der Waals surface area contributed by atoms with Crippen molar-refractivity contribution in [3.05, 3.63) is 66.4 Å². The normalized spacial score (nSPS) is 9.96. The second-order valence-corrected chi connectivity index (χ2v) is 5.83. The van der Waals surface area contributed by atoms with E-state index >= 15 is 0 Å². The van der Waals surface area contributed by atoms with Crippen molar-refractivity contribution in [3.8, 4) is 23.3 Å². The lowest BCUT2D eigenvalue weighted by Gasteiger charge is -2.08. The number of fused-ring (bicyclic) bond motifs is 1. The third-order valence-electron chi connectivity index (χ3n) is 3.84. The standard InChI is InChI=1S/C22H20N2O3/c1-17-7-2-3-9-21(17)27-16-22(25)24-12-4-5-14-26-19-11-10-18-8-6-13-23-20(18)15-19/h2-3,6-11,13,15H,12,14,16H2,1H3,(H,24,25). The van der Waals surface area contributed by atoms with Crippen LogP contribution in [0.15, 0.2) is 60.8 Å². The van der Waals surface area contributed by atoms with Crippen molar-refractivity contribution in [1.29, 1.82) is 0 Å². The summed E-state index contributed by atoms with van der Waals surface area (Å²) in [7, 11) is 0. The molecule has 0 radical (unpaired) electrons. The highest BCUT2D eigenvalue weighted by Gasteiger charge is 2.03. The number of carbonyl (C=O) groups excluding carboxylic acids is 1. The van der Waals surface area contributed by atoms with Crippen LogP contribution >= 0.6 is 0 Å². The molecule has 1 heterocycles. The van der Waals surface area contributed by atoms with Crippen LogP contribution in [0.4, 0.5) is 0 Å². The van der Waals surface area contributed by atoms with Crippen LogP contribution in [-0.4, -0.2) is 30.6 Å². The number of para-hydroxylation sites is 1. The lowest BCUT2D eigenvalue weighted by molar-refractivity contribution is -0.122. The van der Waals surface area contributed by atoms with Gasteiger partial charge in [0, 0.05) is 17.6 Å². The smallest absolute Gasteiger partial charge is 0.258 e. The fraction of sp³-hybridized carbons (Fsp3) is 0.182. The van der Waals surface area contributed by atoms with Gasteiger partial charge in [0.15, 0.2) is 6.61 Å². The average molecular weight is 360 g/mol. The molecule has 0 fully saturated rings. The highest BCUT2D eigenvalue weighted by molar-refractivity contribution is 5.79. The molecule has 136 valence electrons. The minimum Gasteiger partial charge on any atom is -0.484 e. The Morgan fingerprint density at radius 3 is 2.85 bits per heavy atom. The molecule has 5 heteroatoms.